The maximum Gasteiger partial charge on any atom is 0.330 e. The number of imide groups is 2. The second-order valence-electron chi connectivity index (χ2n) is 5.29. The molecule has 0 spiro atoms. The maximum absolute atomic E-state index is 12.3. The highest BCUT2D eigenvalue weighted by Gasteiger charge is 2.44. The molecule has 0 aromatic carbocycles. The molecule has 1 saturated carbocycles. The van der Waals surface area contributed by atoms with E-state index < -0.39 is 23.8 Å². The summed E-state index contributed by atoms with van der Waals surface area (Å²) in [5.74, 6) is -1.87. The van der Waals surface area contributed by atoms with Crippen molar-refractivity contribution >= 4 is 23.8 Å². The van der Waals surface area contributed by atoms with Gasteiger partial charge in [-0.3, -0.25) is 24.6 Å². The fraction of sp³-hybridized carbons (Fsp3) is 0.692. The van der Waals surface area contributed by atoms with Crippen LogP contribution in [0.5, 0.6) is 0 Å². The van der Waals surface area contributed by atoms with Gasteiger partial charge < -0.3 is 5.32 Å². The van der Waals surface area contributed by atoms with Gasteiger partial charge in [-0.25, -0.2) is 4.79 Å². The molecule has 2 aliphatic rings. The Morgan fingerprint density at radius 3 is 2.55 bits per heavy atom. The Balaban J connectivity index is 2.03. The molecule has 1 aliphatic heterocycles. The molecule has 1 aliphatic carbocycles. The van der Waals surface area contributed by atoms with Gasteiger partial charge in [-0.1, -0.05) is 12.8 Å². The number of nitrogens with zero attached hydrogens (tertiary/aromatic N) is 1. The first kappa shape index (κ1) is 14.5. The second kappa shape index (κ2) is 6.02. The topological polar surface area (TPSA) is 95.6 Å². The van der Waals surface area contributed by atoms with Crippen molar-refractivity contribution in [3.05, 3.63) is 0 Å². The predicted octanol–water partition coefficient (Wildman–Crippen LogP) is 0.00730. The molecule has 7 heteroatoms. The van der Waals surface area contributed by atoms with E-state index in [1.807, 2.05) is 0 Å². The normalized spacial score (nSPS) is 23.9. The Hall–Kier alpha value is -1.92. The number of hydrogen-bond donors (Lipinski definition) is 2. The van der Waals surface area contributed by atoms with E-state index in [9.17, 15) is 19.2 Å². The number of carbonyl (C=O) groups is 4. The summed E-state index contributed by atoms with van der Waals surface area (Å²) in [6, 6.07) is -0.695. The average Bonchev–Trinajstić information content (AvgIpc) is 2.86. The first-order chi connectivity index (χ1) is 9.50. The minimum absolute atomic E-state index is 0.0267. The lowest BCUT2D eigenvalue weighted by Gasteiger charge is -2.32. The summed E-state index contributed by atoms with van der Waals surface area (Å²) in [4.78, 5) is 47.8. The monoisotopic (exact) mass is 281 g/mol. The molecule has 7 nitrogen and oxygen atoms in total. The summed E-state index contributed by atoms with van der Waals surface area (Å²) in [7, 11) is 0. The zero-order chi connectivity index (χ0) is 14.7. The molecule has 0 bridgehead atoms. The molecule has 0 aromatic heterocycles. The van der Waals surface area contributed by atoms with Crippen LogP contribution in [0, 0.1) is 11.8 Å². The molecule has 2 rings (SSSR count). The van der Waals surface area contributed by atoms with Crippen LogP contribution in [0.1, 0.15) is 32.6 Å². The van der Waals surface area contributed by atoms with Crippen molar-refractivity contribution in [2.24, 2.45) is 11.8 Å². The maximum atomic E-state index is 12.3. The number of rotatable bonds is 4. The van der Waals surface area contributed by atoms with Crippen LogP contribution in [0.2, 0.25) is 0 Å². The first-order valence-corrected chi connectivity index (χ1v) is 6.91. The van der Waals surface area contributed by atoms with Crippen molar-refractivity contribution in [1.29, 1.82) is 0 Å². The summed E-state index contributed by atoms with van der Waals surface area (Å²) in [6.07, 6.45) is 3.72. The van der Waals surface area contributed by atoms with Gasteiger partial charge in [0.05, 0.1) is 0 Å². The highest BCUT2D eigenvalue weighted by Crippen LogP contribution is 2.33. The Morgan fingerprint density at radius 2 is 1.95 bits per heavy atom. The SMILES string of the molecule is CC(=O)NCCN1C(=O)NC(=O)C(C2CCCC2)C1=O. The Morgan fingerprint density at radius 1 is 1.30 bits per heavy atom. The first-order valence-electron chi connectivity index (χ1n) is 6.91. The van der Waals surface area contributed by atoms with Crippen LogP contribution in [-0.4, -0.2) is 41.7 Å². The van der Waals surface area contributed by atoms with Gasteiger partial charge >= 0.3 is 6.03 Å². The van der Waals surface area contributed by atoms with E-state index in [1.165, 1.54) is 6.92 Å². The summed E-state index contributed by atoms with van der Waals surface area (Å²) >= 11 is 0. The standard InChI is InChI=1S/C13H19N3O4/c1-8(17)14-6-7-16-12(19)10(9-4-2-3-5-9)11(18)15-13(16)20/h9-10H,2-7H2,1H3,(H,14,17)(H,15,18,20). The molecule has 110 valence electrons. The van der Waals surface area contributed by atoms with Crippen LogP contribution in [-0.2, 0) is 14.4 Å². The van der Waals surface area contributed by atoms with Crippen LogP contribution in [0.25, 0.3) is 0 Å². The number of barbiturate groups is 1. The molecule has 2 N–H and O–H groups in total. The van der Waals surface area contributed by atoms with E-state index in [0.717, 1.165) is 30.6 Å². The van der Waals surface area contributed by atoms with Gasteiger partial charge in [-0.2, -0.15) is 0 Å². The van der Waals surface area contributed by atoms with E-state index in [4.69, 9.17) is 0 Å². The van der Waals surface area contributed by atoms with Gasteiger partial charge in [0.15, 0.2) is 0 Å². The van der Waals surface area contributed by atoms with Gasteiger partial charge in [0, 0.05) is 20.0 Å². The van der Waals surface area contributed by atoms with Crippen molar-refractivity contribution in [3.63, 3.8) is 0 Å². The molecular formula is C13H19N3O4. The third kappa shape index (κ3) is 2.97. The third-order valence-corrected chi connectivity index (χ3v) is 3.87. The fourth-order valence-corrected chi connectivity index (χ4v) is 2.89. The van der Waals surface area contributed by atoms with E-state index in [-0.39, 0.29) is 24.9 Å². The van der Waals surface area contributed by atoms with E-state index in [0.29, 0.717) is 0 Å². The summed E-state index contributed by atoms with van der Waals surface area (Å²) in [5, 5.41) is 4.77. The molecule has 1 atom stereocenters. The fourth-order valence-electron chi connectivity index (χ4n) is 2.89. The molecule has 0 radical (unpaired) electrons. The molecule has 1 heterocycles. The molecular weight excluding hydrogens is 262 g/mol. The predicted molar refractivity (Wildman–Crippen MR) is 69.4 cm³/mol. The van der Waals surface area contributed by atoms with E-state index in [1.54, 1.807) is 0 Å². The van der Waals surface area contributed by atoms with E-state index >= 15 is 0 Å². The van der Waals surface area contributed by atoms with E-state index in [2.05, 4.69) is 10.6 Å². The van der Waals surface area contributed by atoms with Crippen LogP contribution in [0.4, 0.5) is 4.79 Å². The quantitative estimate of drug-likeness (QED) is 0.709. The van der Waals surface area contributed by atoms with Crippen LogP contribution >= 0.6 is 0 Å². The minimum Gasteiger partial charge on any atom is -0.355 e. The lowest BCUT2D eigenvalue weighted by Crippen LogP contribution is -2.60. The van der Waals surface area contributed by atoms with Crippen LogP contribution < -0.4 is 10.6 Å². The lowest BCUT2D eigenvalue weighted by molar-refractivity contribution is -0.145. The smallest absolute Gasteiger partial charge is 0.330 e. The van der Waals surface area contributed by atoms with Crippen LogP contribution in [0.3, 0.4) is 0 Å². The molecule has 1 saturated heterocycles. The minimum atomic E-state index is -0.757. The summed E-state index contributed by atoms with van der Waals surface area (Å²) in [6.45, 7) is 1.64. The molecule has 2 fully saturated rings. The van der Waals surface area contributed by atoms with Crippen molar-refractivity contribution < 1.29 is 19.2 Å². The number of amides is 5. The third-order valence-electron chi connectivity index (χ3n) is 3.87. The molecule has 0 aromatic rings. The number of urea groups is 1. The highest BCUT2D eigenvalue weighted by molar-refractivity contribution is 6.16. The van der Waals surface area contributed by atoms with Crippen molar-refractivity contribution in [2.45, 2.75) is 32.6 Å². The number of carbonyl (C=O) groups excluding carboxylic acids is 4. The van der Waals surface area contributed by atoms with Gasteiger partial charge in [-0.15, -0.1) is 0 Å². The van der Waals surface area contributed by atoms with Crippen LogP contribution in [0.15, 0.2) is 0 Å². The zero-order valence-corrected chi connectivity index (χ0v) is 11.5. The summed E-state index contributed by atoms with van der Waals surface area (Å²) in [5.41, 5.74) is 0. The largest absolute Gasteiger partial charge is 0.355 e. The number of hydrogen-bond acceptors (Lipinski definition) is 4. The Labute approximate surface area is 117 Å². The van der Waals surface area contributed by atoms with Gasteiger partial charge in [-0.05, 0) is 18.8 Å². The van der Waals surface area contributed by atoms with Gasteiger partial charge in [0.25, 0.3) is 0 Å². The highest BCUT2D eigenvalue weighted by atomic mass is 16.2. The van der Waals surface area contributed by atoms with Crippen molar-refractivity contribution in [1.82, 2.24) is 15.5 Å². The Bertz CT molecular complexity index is 443. The van der Waals surface area contributed by atoms with Gasteiger partial charge in [0.1, 0.15) is 5.92 Å². The van der Waals surface area contributed by atoms with Gasteiger partial charge in [0.2, 0.25) is 17.7 Å². The second-order valence-corrected chi connectivity index (χ2v) is 5.29. The zero-order valence-electron chi connectivity index (χ0n) is 11.5. The van der Waals surface area contributed by atoms with Crippen molar-refractivity contribution in [3.8, 4) is 0 Å². The summed E-state index contributed by atoms with van der Waals surface area (Å²) < 4.78 is 0. The molecule has 5 amide bonds. The molecule has 1 unspecified atom stereocenters. The number of nitrogens with one attached hydrogen (secondary N) is 2. The average molecular weight is 281 g/mol. The molecule has 20 heavy (non-hydrogen) atoms. The van der Waals surface area contributed by atoms with Crippen molar-refractivity contribution in [2.75, 3.05) is 13.1 Å². The Kier molecular flexibility index (Phi) is 4.36. The lowest BCUT2D eigenvalue weighted by atomic mass is 9.87.